The van der Waals surface area contributed by atoms with Crippen LogP contribution in [0.5, 0.6) is 0 Å². The summed E-state index contributed by atoms with van der Waals surface area (Å²) in [6.07, 6.45) is 36.8. The molecule has 0 amide bonds. The predicted octanol–water partition coefficient (Wildman–Crippen LogP) is 11.4. The van der Waals surface area contributed by atoms with Crippen molar-refractivity contribution in [2.75, 3.05) is 0 Å². The van der Waals surface area contributed by atoms with Gasteiger partial charge in [0.05, 0.1) is 0 Å². The van der Waals surface area contributed by atoms with E-state index in [1.54, 1.807) is 0 Å². The number of hydrogen-bond acceptors (Lipinski definition) is 0. The summed E-state index contributed by atoms with van der Waals surface area (Å²) >= 11 is 0. The van der Waals surface area contributed by atoms with Crippen molar-refractivity contribution >= 4 is 0 Å². The molecule has 0 nitrogen and oxygen atoms in total. The van der Waals surface area contributed by atoms with Crippen LogP contribution in [0.15, 0.2) is 0 Å². The van der Waals surface area contributed by atoms with Gasteiger partial charge in [-0.05, 0) is 5.92 Å². The Morgan fingerprint density at radius 1 is 0.276 bits per heavy atom. The van der Waals surface area contributed by atoms with Crippen molar-refractivity contribution in [1.29, 1.82) is 0 Å². The minimum absolute atomic E-state index is 1.04. The van der Waals surface area contributed by atoms with Gasteiger partial charge in [-0.3, -0.25) is 0 Å². The van der Waals surface area contributed by atoms with E-state index in [0.717, 1.165) is 5.92 Å². The first kappa shape index (κ1) is 29.0. The third-order valence-electron chi connectivity index (χ3n) is 6.90. The molecule has 0 aromatic carbocycles. The molecule has 0 heterocycles. The Bertz CT molecular complexity index is 269. The highest BCUT2D eigenvalue weighted by atomic mass is 14.1. The minimum Gasteiger partial charge on any atom is -0.0654 e. The molecule has 1 unspecified atom stereocenters. The molecule has 0 aromatic heterocycles. The standard InChI is InChI=1S/C29H60/c1-4-7-10-12-14-15-16-17-18-19-21-23-25-28-29(26-9-6-3)27-24-22-20-13-11-8-5-2/h29H,4-28H2,1-3H3. The van der Waals surface area contributed by atoms with E-state index in [0.29, 0.717) is 0 Å². The van der Waals surface area contributed by atoms with E-state index >= 15 is 0 Å². The molecule has 0 saturated carbocycles. The number of rotatable bonds is 25. The largest absolute Gasteiger partial charge is 0.0654 e. The SMILES string of the molecule is CCCCCCCCCCCCCCCC(CCCC)CCCCCCCCC. The lowest BCUT2D eigenvalue weighted by molar-refractivity contribution is 0.370. The normalized spacial score (nSPS) is 12.5. The summed E-state index contributed by atoms with van der Waals surface area (Å²) in [4.78, 5) is 0. The summed E-state index contributed by atoms with van der Waals surface area (Å²) in [5.41, 5.74) is 0. The summed E-state index contributed by atoms with van der Waals surface area (Å²) in [6, 6.07) is 0. The molecule has 0 radical (unpaired) electrons. The van der Waals surface area contributed by atoms with Gasteiger partial charge in [-0.1, -0.05) is 181 Å². The second-order valence-electron chi connectivity index (χ2n) is 9.95. The van der Waals surface area contributed by atoms with Crippen molar-refractivity contribution in [1.82, 2.24) is 0 Å². The van der Waals surface area contributed by atoms with Crippen LogP contribution in [0.4, 0.5) is 0 Å². The van der Waals surface area contributed by atoms with Crippen LogP contribution in [-0.2, 0) is 0 Å². The van der Waals surface area contributed by atoms with E-state index in [9.17, 15) is 0 Å². The maximum Gasteiger partial charge on any atom is -0.0414 e. The fraction of sp³-hybridized carbons (Fsp3) is 1.00. The highest BCUT2D eigenvalue weighted by molar-refractivity contribution is 4.61. The predicted molar refractivity (Wildman–Crippen MR) is 136 cm³/mol. The van der Waals surface area contributed by atoms with Crippen molar-refractivity contribution in [3.8, 4) is 0 Å². The van der Waals surface area contributed by atoms with E-state index in [4.69, 9.17) is 0 Å². The first-order valence-corrected chi connectivity index (χ1v) is 14.3. The lowest BCUT2D eigenvalue weighted by atomic mass is 9.90. The molecule has 0 heteroatoms. The molecule has 0 rings (SSSR count). The van der Waals surface area contributed by atoms with E-state index < -0.39 is 0 Å². The Balaban J connectivity index is 3.47. The Hall–Kier alpha value is 0. The molecule has 0 aromatic rings. The van der Waals surface area contributed by atoms with Crippen LogP contribution >= 0.6 is 0 Å². The minimum atomic E-state index is 1.04. The molecule has 29 heavy (non-hydrogen) atoms. The smallest absolute Gasteiger partial charge is 0.0414 e. The maximum atomic E-state index is 2.36. The molecule has 0 aliphatic rings. The average molecular weight is 409 g/mol. The van der Waals surface area contributed by atoms with Crippen LogP contribution in [0, 0.1) is 5.92 Å². The lowest BCUT2D eigenvalue weighted by Crippen LogP contribution is -2.01. The van der Waals surface area contributed by atoms with Crippen molar-refractivity contribution in [3.05, 3.63) is 0 Å². The summed E-state index contributed by atoms with van der Waals surface area (Å²) in [5.74, 6) is 1.04. The molecule has 0 aliphatic heterocycles. The quantitative estimate of drug-likeness (QED) is 0.132. The molecule has 0 fully saturated rings. The van der Waals surface area contributed by atoms with Crippen molar-refractivity contribution in [2.45, 2.75) is 181 Å². The van der Waals surface area contributed by atoms with E-state index in [1.165, 1.54) is 161 Å². The van der Waals surface area contributed by atoms with Gasteiger partial charge in [-0.15, -0.1) is 0 Å². The van der Waals surface area contributed by atoms with E-state index in [-0.39, 0.29) is 0 Å². The van der Waals surface area contributed by atoms with Gasteiger partial charge in [0.2, 0.25) is 0 Å². The fourth-order valence-electron chi connectivity index (χ4n) is 4.77. The fourth-order valence-corrected chi connectivity index (χ4v) is 4.77. The Kier molecular flexibility index (Phi) is 26.0. The summed E-state index contributed by atoms with van der Waals surface area (Å²) in [7, 11) is 0. The van der Waals surface area contributed by atoms with Crippen LogP contribution in [-0.4, -0.2) is 0 Å². The van der Waals surface area contributed by atoms with Crippen LogP contribution in [0.1, 0.15) is 181 Å². The van der Waals surface area contributed by atoms with Gasteiger partial charge in [0.1, 0.15) is 0 Å². The highest BCUT2D eigenvalue weighted by Crippen LogP contribution is 2.24. The molecule has 0 bridgehead atoms. The Morgan fingerprint density at radius 3 is 0.828 bits per heavy atom. The molecular weight excluding hydrogens is 348 g/mol. The van der Waals surface area contributed by atoms with E-state index in [1.807, 2.05) is 0 Å². The monoisotopic (exact) mass is 408 g/mol. The molecule has 0 N–H and O–H groups in total. The first-order valence-electron chi connectivity index (χ1n) is 14.3. The van der Waals surface area contributed by atoms with Gasteiger partial charge in [-0.2, -0.15) is 0 Å². The molecule has 0 aliphatic carbocycles. The molecule has 1 atom stereocenters. The van der Waals surface area contributed by atoms with Crippen LogP contribution < -0.4 is 0 Å². The van der Waals surface area contributed by atoms with Crippen molar-refractivity contribution in [2.24, 2.45) is 5.92 Å². The zero-order valence-corrected chi connectivity index (χ0v) is 21.3. The maximum absolute atomic E-state index is 2.36. The van der Waals surface area contributed by atoms with Crippen molar-refractivity contribution in [3.63, 3.8) is 0 Å². The van der Waals surface area contributed by atoms with Gasteiger partial charge in [0.15, 0.2) is 0 Å². The Morgan fingerprint density at radius 2 is 0.517 bits per heavy atom. The Labute approximate surface area is 187 Å². The highest BCUT2D eigenvalue weighted by Gasteiger charge is 2.08. The van der Waals surface area contributed by atoms with Gasteiger partial charge >= 0.3 is 0 Å². The zero-order chi connectivity index (χ0) is 21.3. The first-order chi connectivity index (χ1) is 14.3. The van der Waals surface area contributed by atoms with Gasteiger partial charge in [0, 0.05) is 0 Å². The van der Waals surface area contributed by atoms with Gasteiger partial charge in [0.25, 0.3) is 0 Å². The molecule has 0 spiro atoms. The molecule has 176 valence electrons. The molecular formula is C29H60. The summed E-state index contributed by atoms with van der Waals surface area (Å²) in [6.45, 7) is 6.98. The van der Waals surface area contributed by atoms with Gasteiger partial charge < -0.3 is 0 Å². The summed E-state index contributed by atoms with van der Waals surface area (Å²) in [5, 5.41) is 0. The van der Waals surface area contributed by atoms with Gasteiger partial charge in [-0.25, -0.2) is 0 Å². The van der Waals surface area contributed by atoms with Crippen LogP contribution in [0.25, 0.3) is 0 Å². The number of unbranched alkanes of at least 4 members (excludes halogenated alkanes) is 19. The van der Waals surface area contributed by atoms with E-state index in [2.05, 4.69) is 20.8 Å². The topological polar surface area (TPSA) is 0 Å². The number of hydrogen-bond donors (Lipinski definition) is 0. The second-order valence-corrected chi connectivity index (χ2v) is 9.95. The average Bonchev–Trinajstić information content (AvgIpc) is 2.74. The lowest BCUT2D eigenvalue weighted by Gasteiger charge is -2.16. The third kappa shape index (κ3) is 24.1. The summed E-state index contributed by atoms with van der Waals surface area (Å²) < 4.78 is 0. The second kappa shape index (κ2) is 26.0. The molecule has 0 saturated heterocycles. The van der Waals surface area contributed by atoms with Crippen LogP contribution in [0.2, 0.25) is 0 Å². The van der Waals surface area contributed by atoms with Crippen molar-refractivity contribution < 1.29 is 0 Å². The van der Waals surface area contributed by atoms with Crippen LogP contribution in [0.3, 0.4) is 0 Å². The zero-order valence-electron chi connectivity index (χ0n) is 21.3. The third-order valence-corrected chi connectivity index (χ3v) is 6.90.